The summed E-state index contributed by atoms with van der Waals surface area (Å²) in [6.07, 6.45) is -1.33. The van der Waals surface area contributed by atoms with Gasteiger partial charge in [0.15, 0.2) is 5.75 Å². The average Bonchev–Trinajstić information content (AvgIpc) is 2.62. The highest BCUT2D eigenvalue weighted by Gasteiger charge is 2.31. The summed E-state index contributed by atoms with van der Waals surface area (Å²) in [4.78, 5) is 10.2. The summed E-state index contributed by atoms with van der Waals surface area (Å²) in [6.45, 7) is 7.89. The molecule has 0 bridgehead atoms. The fourth-order valence-corrected chi connectivity index (χ4v) is 2.60. The number of hydrogen-bond acceptors (Lipinski definition) is 5. The van der Waals surface area contributed by atoms with Gasteiger partial charge in [0.05, 0.1) is 24.6 Å². The van der Waals surface area contributed by atoms with Crippen LogP contribution in [0.5, 0.6) is 5.75 Å². The Hall–Kier alpha value is -2.51. The van der Waals surface area contributed by atoms with E-state index in [9.17, 15) is 13.2 Å². The van der Waals surface area contributed by atoms with E-state index in [0.717, 1.165) is 11.8 Å². The highest BCUT2D eigenvalue weighted by atomic mass is 19.4. The number of hydrogen-bond donors (Lipinski definition) is 1. The summed E-state index contributed by atoms with van der Waals surface area (Å²) >= 11 is 0. The van der Waals surface area contributed by atoms with Crippen LogP contribution in [0.15, 0.2) is 30.6 Å². The van der Waals surface area contributed by atoms with E-state index < -0.39 is 11.7 Å². The van der Waals surface area contributed by atoms with Crippen LogP contribution in [0.4, 0.5) is 24.8 Å². The van der Waals surface area contributed by atoms with Crippen molar-refractivity contribution in [1.82, 2.24) is 9.97 Å². The molecule has 0 aliphatic carbocycles. The van der Waals surface area contributed by atoms with Gasteiger partial charge in [0.1, 0.15) is 0 Å². The van der Waals surface area contributed by atoms with Crippen molar-refractivity contribution in [3.05, 3.63) is 41.7 Å². The molecular weight excluding hydrogens is 345 g/mol. The second kappa shape index (κ2) is 8.73. The predicted molar refractivity (Wildman–Crippen MR) is 95.5 cm³/mol. The monoisotopic (exact) mass is 368 g/mol. The van der Waals surface area contributed by atoms with E-state index in [1.54, 1.807) is 0 Å². The molecule has 0 spiro atoms. The molecule has 1 heterocycles. The van der Waals surface area contributed by atoms with E-state index in [1.165, 1.54) is 24.5 Å². The Morgan fingerprint density at radius 1 is 1.08 bits per heavy atom. The van der Waals surface area contributed by atoms with Crippen LogP contribution >= 0.6 is 0 Å². The smallest absolute Gasteiger partial charge is 0.416 e. The normalized spacial score (nSPS) is 11.3. The summed E-state index contributed by atoms with van der Waals surface area (Å²) in [5.41, 5.74) is 0.639. The van der Waals surface area contributed by atoms with Crippen LogP contribution in [0, 0.1) is 0 Å². The first-order valence-corrected chi connectivity index (χ1v) is 8.52. The van der Waals surface area contributed by atoms with Gasteiger partial charge in [-0.3, -0.25) is 0 Å². The quantitative estimate of drug-likeness (QED) is 0.751. The zero-order valence-electron chi connectivity index (χ0n) is 15.1. The highest BCUT2D eigenvalue weighted by molar-refractivity contribution is 5.56. The number of halogens is 3. The van der Waals surface area contributed by atoms with Crippen molar-refractivity contribution in [2.45, 2.75) is 33.5 Å². The Bertz CT molecular complexity index is 701. The van der Waals surface area contributed by atoms with E-state index in [1.807, 2.05) is 25.7 Å². The molecule has 2 rings (SSSR count). The molecule has 142 valence electrons. The van der Waals surface area contributed by atoms with Crippen molar-refractivity contribution in [3.63, 3.8) is 0 Å². The summed E-state index contributed by atoms with van der Waals surface area (Å²) in [5.74, 6) is 0.873. The number of rotatable bonds is 8. The van der Waals surface area contributed by atoms with Crippen LogP contribution in [0.1, 0.15) is 31.9 Å². The first-order valence-electron chi connectivity index (χ1n) is 8.52. The molecule has 0 aliphatic rings. The van der Waals surface area contributed by atoms with Gasteiger partial charge in [0.25, 0.3) is 0 Å². The first-order chi connectivity index (χ1) is 12.4. The van der Waals surface area contributed by atoms with Crippen LogP contribution in [-0.4, -0.2) is 29.7 Å². The highest BCUT2D eigenvalue weighted by Crippen LogP contribution is 2.33. The number of ether oxygens (including phenoxy) is 1. The number of anilines is 2. The zero-order valence-corrected chi connectivity index (χ0v) is 15.1. The standard InChI is InChI=1S/C18H23F3N4O/c1-4-25(5-2)16-8-7-14(18(19,20)21)9-13(16)10-22-17-23-11-15(12-24-17)26-6-3/h7-9,11-12H,4-6,10H2,1-3H3,(H,22,23,24). The lowest BCUT2D eigenvalue weighted by molar-refractivity contribution is -0.137. The van der Waals surface area contributed by atoms with Crippen LogP contribution in [0.25, 0.3) is 0 Å². The molecule has 26 heavy (non-hydrogen) atoms. The van der Waals surface area contributed by atoms with E-state index in [4.69, 9.17) is 4.74 Å². The van der Waals surface area contributed by atoms with Crippen LogP contribution in [0.2, 0.25) is 0 Å². The van der Waals surface area contributed by atoms with Gasteiger partial charge in [-0.05, 0) is 44.5 Å². The maximum absolute atomic E-state index is 13.1. The van der Waals surface area contributed by atoms with Gasteiger partial charge in [-0.15, -0.1) is 0 Å². The molecule has 0 radical (unpaired) electrons. The van der Waals surface area contributed by atoms with Gasteiger partial charge in [0, 0.05) is 25.3 Å². The van der Waals surface area contributed by atoms with E-state index >= 15 is 0 Å². The number of nitrogens with zero attached hydrogens (tertiary/aromatic N) is 3. The lowest BCUT2D eigenvalue weighted by Crippen LogP contribution is -2.24. The fraction of sp³-hybridized carbons (Fsp3) is 0.444. The minimum absolute atomic E-state index is 0.184. The zero-order chi connectivity index (χ0) is 19.2. The topological polar surface area (TPSA) is 50.3 Å². The molecule has 8 heteroatoms. The van der Waals surface area contributed by atoms with Crippen molar-refractivity contribution >= 4 is 11.6 Å². The number of nitrogens with one attached hydrogen (secondary N) is 1. The fourth-order valence-electron chi connectivity index (χ4n) is 2.60. The molecule has 1 aromatic carbocycles. The average molecular weight is 368 g/mol. The van der Waals surface area contributed by atoms with Gasteiger partial charge in [-0.1, -0.05) is 0 Å². The Labute approximate surface area is 151 Å². The Morgan fingerprint density at radius 3 is 2.27 bits per heavy atom. The van der Waals surface area contributed by atoms with Crippen molar-refractivity contribution < 1.29 is 17.9 Å². The SMILES string of the molecule is CCOc1cnc(NCc2cc(C(F)(F)F)ccc2N(CC)CC)nc1. The van der Waals surface area contributed by atoms with Crippen LogP contribution < -0.4 is 15.0 Å². The first kappa shape index (κ1) is 19.8. The van der Waals surface area contributed by atoms with Gasteiger partial charge >= 0.3 is 6.18 Å². The second-order valence-electron chi connectivity index (χ2n) is 5.54. The Morgan fingerprint density at radius 2 is 1.73 bits per heavy atom. The molecule has 0 amide bonds. The number of aromatic nitrogens is 2. The van der Waals surface area contributed by atoms with Gasteiger partial charge in [-0.25, -0.2) is 9.97 Å². The van der Waals surface area contributed by atoms with Crippen LogP contribution in [0.3, 0.4) is 0 Å². The maximum atomic E-state index is 13.1. The minimum atomic E-state index is -4.38. The second-order valence-corrected chi connectivity index (χ2v) is 5.54. The molecule has 2 aromatic rings. The van der Waals surface area contributed by atoms with Gasteiger partial charge in [-0.2, -0.15) is 13.2 Å². The molecule has 1 N–H and O–H groups in total. The van der Waals surface area contributed by atoms with Crippen LogP contribution in [-0.2, 0) is 12.7 Å². The molecule has 0 saturated carbocycles. The molecule has 0 atom stereocenters. The molecule has 0 saturated heterocycles. The third-order valence-electron chi connectivity index (χ3n) is 3.89. The molecular formula is C18H23F3N4O. The predicted octanol–water partition coefficient (Wildman–Crippen LogP) is 4.35. The molecule has 0 aliphatic heterocycles. The number of alkyl halides is 3. The largest absolute Gasteiger partial charge is 0.491 e. The summed E-state index contributed by atoms with van der Waals surface area (Å²) in [7, 11) is 0. The lowest BCUT2D eigenvalue weighted by atomic mass is 10.1. The third-order valence-corrected chi connectivity index (χ3v) is 3.89. The van der Waals surface area contributed by atoms with E-state index in [-0.39, 0.29) is 6.54 Å². The summed E-state index contributed by atoms with van der Waals surface area (Å²) < 4.78 is 44.5. The summed E-state index contributed by atoms with van der Waals surface area (Å²) in [6, 6.07) is 3.81. The Kier molecular flexibility index (Phi) is 6.65. The van der Waals surface area contributed by atoms with E-state index in [2.05, 4.69) is 15.3 Å². The Balaban J connectivity index is 2.24. The maximum Gasteiger partial charge on any atom is 0.416 e. The van der Waals surface area contributed by atoms with Crippen molar-refractivity contribution in [1.29, 1.82) is 0 Å². The van der Waals surface area contributed by atoms with Crippen molar-refractivity contribution in [2.24, 2.45) is 0 Å². The molecule has 5 nitrogen and oxygen atoms in total. The lowest BCUT2D eigenvalue weighted by Gasteiger charge is -2.25. The minimum Gasteiger partial charge on any atom is -0.491 e. The molecule has 0 unspecified atom stereocenters. The summed E-state index contributed by atoms with van der Waals surface area (Å²) in [5, 5.41) is 2.98. The molecule has 1 aromatic heterocycles. The molecule has 0 fully saturated rings. The van der Waals surface area contributed by atoms with Gasteiger partial charge in [0.2, 0.25) is 5.95 Å². The van der Waals surface area contributed by atoms with Crippen molar-refractivity contribution in [2.75, 3.05) is 29.9 Å². The van der Waals surface area contributed by atoms with Crippen molar-refractivity contribution in [3.8, 4) is 5.75 Å². The third kappa shape index (κ3) is 5.00. The number of benzene rings is 1. The van der Waals surface area contributed by atoms with Gasteiger partial charge < -0.3 is 15.0 Å². The van der Waals surface area contributed by atoms with E-state index in [0.29, 0.717) is 37.0 Å².